The average Bonchev–Trinajstić information content (AvgIpc) is 1.62. The maximum Gasteiger partial charge on any atom is 0.264 e. The summed E-state index contributed by atoms with van der Waals surface area (Å²) >= 11 is 55.7. The van der Waals surface area contributed by atoms with E-state index in [1.54, 1.807) is 87.5 Å². The first-order valence-corrected chi connectivity index (χ1v) is 59.8. The number of likely N-dealkylation sites (tertiary alicyclic amines) is 2. The van der Waals surface area contributed by atoms with Crippen LogP contribution < -0.4 is 38.9 Å². The van der Waals surface area contributed by atoms with Crippen molar-refractivity contribution < 1.29 is 91.1 Å². The number of rotatable bonds is 36. The van der Waals surface area contributed by atoms with Crippen molar-refractivity contribution >= 4 is 146 Å². The third-order valence-corrected chi connectivity index (χ3v) is 32.6. The van der Waals surface area contributed by atoms with Gasteiger partial charge in [-0.1, -0.05) is 190 Å². The quantitative estimate of drug-likeness (QED) is 0.0134. The highest BCUT2D eigenvalue weighted by Crippen LogP contribution is 2.43. The Morgan fingerprint density at radius 3 is 0.886 bits per heavy atom. The highest BCUT2D eigenvalue weighted by molar-refractivity contribution is 9.10. The van der Waals surface area contributed by atoms with E-state index in [0.717, 1.165) is 173 Å². The lowest BCUT2D eigenvalue weighted by Crippen LogP contribution is -2.40. The van der Waals surface area contributed by atoms with Crippen LogP contribution in [0.4, 0.5) is 0 Å². The van der Waals surface area contributed by atoms with Gasteiger partial charge < -0.3 is 84.4 Å². The highest BCUT2D eigenvalue weighted by Gasteiger charge is 2.32. The molecule has 0 amide bonds. The van der Waals surface area contributed by atoms with Gasteiger partial charge in [-0.15, -0.1) is 0 Å². The summed E-state index contributed by atoms with van der Waals surface area (Å²) < 4.78 is 69.8. The lowest BCUT2D eigenvalue weighted by Gasteiger charge is -2.25. The molecule has 0 aromatic heterocycles. The van der Waals surface area contributed by atoms with Crippen molar-refractivity contribution in [2.45, 2.75) is 327 Å². The van der Waals surface area contributed by atoms with Gasteiger partial charge in [0.15, 0.2) is 11.6 Å². The molecule has 2 saturated heterocycles. The van der Waals surface area contributed by atoms with Gasteiger partial charge in [-0.2, -0.15) is 8.42 Å². The fourth-order valence-electron chi connectivity index (χ4n) is 19.4. The number of ketones is 2. The van der Waals surface area contributed by atoms with Crippen molar-refractivity contribution in [2.24, 2.45) is 35.3 Å². The van der Waals surface area contributed by atoms with Crippen LogP contribution in [0.15, 0.2) is 155 Å². The summed E-state index contributed by atoms with van der Waals surface area (Å²) in [7, 11) is -3.52. The molecule has 9 aliphatic rings. The van der Waals surface area contributed by atoms with E-state index < -0.39 is 40.5 Å². The van der Waals surface area contributed by atoms with E-state index in [-0.39, 0.29) is 97.4 Å². The Balaban J connectivity index is 0.000000176. The molecule has 2 heterocycles. The molecule has 33 heteroatoms. The van der Waals surface area contributed by atoms with Crippen LogP contribution in [-0.4, -0.2) is 180 Å². The van der Waals surface area contributed by atoms with Crippen LogP contribution >= 0.6 is 125 Å². The fourth-order valence-corrected chi connectivity index (χ4v) is 22.6. The van der Waals surface area contributed by atoms with Crippen LogP contribution in [0.2, 0.25) is 40.2 Å². The SMILES string of the molecule is CC[C@@H](C)C(=O)c1ccc(OC2CCCC2)c(Cl)c1.C[C@H](CN1CCCC1)[C@H](O)c1ccc(OC2CCCC2)c(Cl)c1.C[C@H](CO)C(=O)c1ccc(OC2CCCC2)c(Cl)c1.C[C@H](CO)[C@H](O)c1ccc(OC2CCCC2)c(Cl)c1.C[C@H](COS(C)(=O)=O)[C@H](O)c1ccc(OC2CCCC2)c(Cl)c1.Clc1cc(Br)ccc1OC1CCCC1.N[C@H](CN1CCCC1)[C@H](O)c1ccc(OC2CCCC2)c(Cl)c1.Oc1ccc(Br)cc1Cl. The standard InChI is InChI=1S/C19H28ClNO2.C18H27ClN2O2.C16H23ClO5S.C16H21ClO2.C15H21ClO3.C15H19ClO3.C11H12BrClO.C6H4BrClO/c1-14(13-21-10-4-5-11-21)19(22)15-8-9-18(17(20)12-15)23-16-6-2-3-7-16;19-15-11-13(7-8-17(15)23-14-5-1-2-6-14)18(22)16(20)12-21-9-3-4-10-21;1-11(10-21-23(2,19)20)16(18)12-7-8-15(14(17)9-12)22-13-5-3-4-6-13;1-3-11(2)16(18)12-8-9-15(14(17)10-12)19-13-6-4-5-7-13;2*1-10(9-17)15(18)11-6-7-14(13(16)8-11)19-12-4-2-3-5-12;12-8-5-6-11(10(13)7-8)14-9-3-1-2-4-9;7-4-1-2-6(9)5(8)3-4/h8-9,12,14,16,19,22H,2-7,10-11,13H2,1H3;7-8,11,14,16,18,22H,1-6,9-10,12,20H2;7-9,11,13,16,18H,3-6,10H2,1-2H3;8-11,13H,3-7H2,1-2H3;6-8,10,12,15,17-18H,2-5,9H2,1H3;6-8,10,12,17H,2-5,9H2,1H3;5-7,9H,1-4H2;1-3,9H/t14-,19+;16-,18-;11-,16+;11-;10-,15+;10-;;/m111111../s1. The first-order chi connectivity index (χ1) is 71.3. The second kappa shape index (κ2) is 64.9. The number of aliphatic hydroxyl groups excluding tert-OH is 6. The molecule has 0 bridgehead atoms. The second-order valence-electron chi connectivity index (χ2n) is 41.1. The number of carbonyl (C=O) groups is 2. The summed E-state index contributed by atoms with van der Waals surface area (Å²) in [6.07, 6.45) is 38.5. The van der Waals surface area contributed by atoms with E-state index in [1.165, 1.54) is 122 Å². The molecular formula is C116H155Br2Cl8N3O19S. The van der Waals surface area contributed by atoms with Crippen molar-refractivity contribution in [3.63, 3.8) is 0 Å². The molecule has 10 atom stereocenters. The van der Waals surface area contributed by atoms with Gasteiger partial charge in [0.2, 0.25) is 0 Å². The molecule has 9 fully saturated rings. The lowest BCUT2D eigenvalue weighted by atomic mass is 9.97. The number of halogens is 10. The third kappa shape index (κ3) is 42.3. The van der Waals surface area contributed by atoms with Crippen LogP contribution in [0.5, 0.6) is 46.0 Å². The van der Waals surface area contributed by atoms with Gasteiger partial charge in [0, 0.05) is 69.5 Å². The largest absolute Gasteiger partial charge is 0.506 e. The van der Waals surface area contributed by atoms with Crippen molar-refractivity contribution in [1.29, 1.82) is 0 Å². The normalized spacial score (nSPS) is 18.9. The molecule has 0 spiro atoms. The lowest BCUT2D eigenvalue weighted by molar-refractivity contribution is 0.0769. The van der Waals surface area contributed by atoms with Gasteiger partial charge in [-0.25, -0.2) is 0 Å². The Morgan fingerprint density at radius 1 is 0.349 bits per heavy atom. The smallest absolute Gasteiger partial charge is 0.264 e. The number of nitrogens with zero attached hydrogens (tertiary/aromatic N) is 2. The maximum atomic E-state index is 12.1. The van der Waals surface area contributed by atoms with Crippen LogP contribution in [0, 0.1) is 29.6 Å². The van der Waals surface area contributed by atoms with Crippen molar-refractivity contribution in [2.75, 3.05) is 65.3 Å². The van der Waals surface area contributed by atoms with E-state index >= 15 is 0 Å². The number of phenolic OH excluding ortho intramolecular Hbond substituents is 1. The average molecular weight is 2370 g/mol. The predicted molar refractivity (Wildman–Crippen MR) is 608 cm³/mol. The van der Waals surface area contributed by atoms with E-state index in [1.807, 2.05) is 86.6 Å². The molecule has 17 rings (SSSR count). The molecule has 2 aliphatic heterocycles. The molecule has 0 unspecified atom stereocenters. The molecule has 7 saturated carbocycles. The zero-order chi connectivity index (χ0) is 108. The molecular weight excluding hydrogens is 2210 g/mol. The Kier molecular flexibility index (Phi) is 54.5. The van der Waals surface area contributed by atoms with Gasteiger partial charge in [0.05, 0.1) is 127 Å². The number of ether oxygens (including phenoxy) is 7. The maximum absolute atomic E-state index is 12.1. The number of hydrogen-bond acceptors (Lipinski definition) is 22. The summed E-state index contributed by atoms with van der Waals surface area (Å²) in [4.78, 5) is 28.8. The van der Waals surface area contributed by atoms with Crippen molar-refractivity contribution in [3.05, 3.63) is 228 Å². The van der Waals surface area contributed by atoms with Crippen LogP contribution in [-0.2, 0) is 14.3 Å². The molecule has 8 aromatic rings. The third-order valence-electron chi connectivity index (χ3n) is 28.6. The summed E-state index contributed by atoms with van der Waals surface area (Å²) in [6, 6.07) is 42.6. The molecule has 7 aliphatic carbocycles. The van der Waals surface area contributed by atoms with Crippen molar-refractivity contribution in [1.82, 2.24) is 9.80 Å². The first-order valence-electron chi connectivity index (χ1n) is 53.4. The first kappa shape index (κ1) is 125. The molecule has 22 nitrogen and oxygen atoms in total. The van der Waals surface area contributed by atoms with Crippen LogP contribution in [0.3, 0.4) is 0 Å². The number of nitrogens with two attached hydrogens (primary N) is 1. The van der Waals surface area contributed by atoms with Gasteiger partial charge >= 0.3 is 0 Å². The monoisotopic (exact) mass is 2360 g/mol. The summed E-state index contributed by atoms with van der Waals surface area (Å²) in [6.45, 7) is 17.1. The van der Waals surface area contributed by atoms with E-state index in [0.29, 0.717) is 103 Å². The van der Waals surface area contributed by atoms with Gasteiger partial charge in [-0.3, -0.25) is 13.8 Å². The number of aliphatic hydroxyl groups is 6. The topological polar surface area (TPSA) is 316 Å². The van der Waals surface area contributed by atoms with Gasteiger partial charge in [0.1, 0.15) is 46.0 Å². The molecule has 824 valence electrons. The molecule has 9 N–H and O–H groups in total. The molecule has 0 radical (unpaired) electrons. The van der Waals surface area contributed by atoms with E-state index in [9.17, 15) is 38.4 Å². The summed E-state index contributed by atoms with van der Waals surface area (Å²) in [5, 5.41) is 72.6. The van der Waals surface area contributed by atoms with Gasteiger partial charge in [-0.05, 0) is 388 Å². The minimum atomic E-state index is -3.52. The van der Waals surface area contributed by atoms with E-state index in [4.69, 9.17) is 151 Å². The Morgan fingerprint density at radius 2 is 0.611 bits per heavy atom. The Labute approximate surface area is 940 Å². The second-order valence-corrected chi connectivity index (χ2v) is 47.8. The summed E-state index contributed by atoms with van der Waals surface area (Å²) in [5.41, 5.74) is 10.4. The molecule has 149 heavy (non-hydrogen) atoms. The van der Waals surface area contributed by atoms with E-state index in [2.05, 4.69) is 48.6 Å². The summed E-state index contributed by atoms with van der Waals surface area (Å²) in [5.74, 6) is 4.31. The number of carbonyl (C=O) groups excluding carboxylic acids is 2. The Bertz CT molecular complexity index is 5320. The number of Topliss-reactive ketones (excluding diaryl/α,β-unsaturated/α-hetero) is 2. The fraction of sp³-hybridized carbons (Fsp3) is 0.569. The van der Waals surface area contributed by atoms with Gasteiger partial charge in [0.25, 0.3) is 10.1 Å². The Hall–Kier alpha value is -5.67. The minimum absolute atomic E-state index is 0.0395. The molecule has 8 aromatic carbocycles. The minimum Gasteiger partial charge on any atom is -0.506 e. The number of phenols is 1. The number of benzene rings is 8. The highest BCUT2D eigenvalue weighted by atomic mass is 79.9. The number of aromatic hydroxyl groups is 1. The number of hydrogen-bond donors (Lipinski definition) is 8. The predicted octanol–water partition coefficient (Wildman–Crippen LogP) is 29.8. The van der Waals surface area contributed by atoms with Crippen molar-refractivity contribution in [3.8, 4) is 46.0 Å². The zero-order valence-electron chi connectivity index (χ0n) is 87.1. The van der Waals surface area contributed by atoms with Crippen LogP contribution in [0.1, 0.15) is 321 Å². The van der Waals surface area contributed by atoms with Crippen LogP contribution in [0.25, 0.3) is 0 Å². The zero-order valence-corrected chi connectivity index (χ0v) is 97.1.